The fourth-order valence-electron chi connectivity index (χ4n) is 1.90. The van der Waals surface area contributed by atoms with E-state index in [9.17, 15) is 0 Å². The predicted molar refractivity (Wildman–Crippen MR) is 84.3 cm³/mol. The molecule has 0 aliphatic carbocycles. The summed E-state index contributed by atoms with van der Waals surface area (Å²) in [6.45, 7) is 6.48. The Labute approximate surface area is 125 Å². The van der Waals surface area contributed by atoms with Gasteiger partial charge in [-0.25, -0.2) is 0 Å². The van der Waals surface area contributed by atoms with Crippen LogP contribution in [0, 0.1) is 6.92 Å². The molecule has 0 saturated carbocycles. The van der Waals surface area contributed by atoms with Crippen LogP contribution in [0.2, 0.25) is 5.02 Å². The van der Waals surface area contributed by atoms with E-state index in [2.05, 4.69) is 24.4 Å². The molecule has 0 saturated heterocycles. The number of aryl methyl sites for hydroxylation is 1. The van der Waals surface area contributed by atoms with Crippen LogP contribution in [0.3, 0.4) is 0 Å². The van der Waals surface area contributed by atoms with Crippen LogP contribution in [-0.2, 0) is 13.2 Å². The maximum absolute atomic E-state index is 6.19. The quantitative estimate of drug-likeness (QED) is 0.854. The van der Waals surface area contributed by atoms with E-state index in [1.165, 1.54) is 5.56 Å². The zero-order valence-corrected chi connectivity index (χ0v) is 12.7. The summed E-state index contributed by atoms with van der Waals surface area (Å²) >= 11 is 6.19. The van der Waals surface area contributed by atoms with Crippen molar-refractivity contribution in [1.29, 1.82) is 0 Å². The van der Waals surface area contributed by atoms with Gasteiger partial charge in [0.15, 0.2) is 0 Å². The molecule has 0 heterocycles. The van der Waals surface area contributed by atoms with E-state index < -0.39 is 0 Å². The molecule has 3 heteroatoms. The van der Waals surface area contributed by atoms with Gasteiger partial charge in [0.05, 0.1) is 0 Å². The molecule has 0 spiro atoms. The normalized spacial score (nSPS) is 10.6. The average molecular weight is 290 g/mol. The van der Waals surface area contributed by atoms with Crippen LogP contribution in [0.25, 0.3) is 0 Å². The highest BCUT2D eigenvalue weighted by atomic mass is 35.5. The van der Waals surface area contributed by atoms with Gasteiger partial charge in [-0.1, -0.05) is 42.8 Å². The largest absolute Gasteiger partial charge is 0.489 e. The Kier molecular flexibility index (Phi) is 5.45. The van der Waals surface area contributed by atoms with Gasteiger partial charge in [-0.05, 0) is 42.8 Å². The first kappa shape index (κ1) is 14.9. The van der Waals surface area contributed by atoms with Crippen LogP contribution in [0.1, 0.15) is 23.6 Å². The fourth-order valence-corrected chi connectivity index (χ4v) is 2.19. The molecule has 2 rings (SSSR count). The molecule has 0 atom stereocenters. The Morgan fingerprint density at radius 2 is 1.85 bits per heavy atom. The van der Waals surface area contributed by atoms with Gasteiger partial charge in [0.25, 0.3) is 0 Å². The van der Waals surface area contributed by atoms with Crippen LogP contribution < -0.4 is 10.1 Å². The van der Waals surface area contributed by atoms with Crippen molar-refractivity contribution >= 4 is 11.6 Å². The van der Waals surface area contributed by atoms with Gasteiger partial charge >= 0.3 is 0 Å². The molecule has 20 heavy (non-hydrogen) atoms. The van der Waals surface area contributed by atoms with Crippen molar-refractivity contribution in [2.45, 2.75) is 27.0 Å². The highest BCUT2D eigenvalue weighted by molar-refractivity contribution is 6.31. The molecule has 106 valence electrons. The molecule has 2 aromatic rings. The van der Waals surface area contributed by atoms with E-state index >= 15 is 0 Å². The van der Waals surface area contributed by atoms with Crippen LogP contribution in [0.15, 0.2) is 42.5 Å². The molecule has 0 fully saturated rings. The first-order valence-corrected chi connectivity index (χ1v) is 7.24. The Hall–Kier alpha value is -1.51. The van der Waals surface area contributed by atoms with Crippen LogP contribution in [0.5, 0.6) is 5.75 Å². The summed E-state index contributed by atoms with van der Waals surface area (Å²) in [6, 6.07) is 14.2. The van der Waals surface area contributed by atoms with Gasteiger partial charge in [-0.2, -0.15) is 0 Å². The maximum atomic E-state index is 6.19. The number of benzene rings is 2. The minimum Gasteiger partial charge on any atom is -0.489 e. The summed E-state index contributed by atoms with van der Waals surface area (Å²) in [5.41, 5.74) is 3.42. The molecule has 2 aromatic carbocycles. The number of ether oxygens (including phenoxy) is 1. The summed E-state index contributed by atoms with van der Waals surface area (Å²) < 4.78 is 5.77. The number of rotatable bonds is 6. The van der Waals surface area contributed by atoms with Crippen molar-refractivity contribution in [1.82, 2.24) is 5.32 Å². The Balaban J connectivity index is 1.93. The molecular formula is C17H20ClNO. The smallest absolute Gasteiger partial charge is 0.119 e. The van der Waals surface area contributed by atoms with Gasteiger partial charge in [-0.3, -0.25) is 0 Å². The van der Waals surface area contributed by atoms with E-state index in [1.807, 2.05) is 37.3 Å². The fraction of sp³-hybridized carbons (Fsp3) is 0.294. The lowest BCUT2D eigenvalue weighted by molar-refractivity contribution is 0.306. The molecule has 0 bridgehead atoms. The molecule has 0 amide bonds. The third-order valence-corrected chi connectivity index (χ3v) is 3.46. The van der Waals surface area contributed by atoms with Crippen molar-refractivity contribution in [2.75, 3.05) is 6.54 Å². The van der Waals surface area contributed by atoms with Crippen LogP contribution in [-0.4, -0.2) is 6.54 Å². The SMILES string of the molecule is CCNCc1ccc(OCc2ccc(C)cc2Cl)cc1. The first-order valence-electron chi connectivity index (χ1n) is 6.86. The Morgan fingerprint density at radius 1 is 1.10 bits per heavy atom. The van der Waals surface area contributed by atoms with Gasteiger partial charge < -0.3 is 10.1 Å². The topological polar surface area (TPSA) is 21.3 Å². The molecule has 0 aliphatic heterocycles. The molecule has 2 nitrogen and oxygen atoms in total. The molecule has 0 aliphatic rings. The van der Waals surface area contributed by atoms with E-state index in [-0.39, 0.29) is 0 Å². The van der Waals surface area contributed by atoms with Crippen molar-refractivity contribution in [3.63, 3.8) is 0 Å². The highest BCUT2D eigenvalue weighted by Crippen LogP contribution is 2.20. The number of hydrogen-bond acceptors (Lipinski definition) is 2. The van der Waals surface area contributed by atoms with Crippen molar-refractivity contribution in [2.24, 2.45) is 0 Å². The standard InChI is InChI=1S/C17H20ClNO/c1-3-19-11-14-5-8-16(9-6-14)20-12-15-7-4-13(2)10-17(15)18/h4-10,19H,3,11-12H2,1-2H3. The van der Waals surface area contributed by atoms with Gasteiger partial charge in [-0.15, -0.1) is 0 Å². The van der Waals surface area contributed by atoms with Crippen molar-refractivity contribution in [3.8, 4) is 5.75 Å². The second-order valence-corrected chi connectivity index (χ2v) is 5.22. The van der Waals surface area contributed by atoms with Crippen molar-refractivity contribution in [3.05, 3.63) is 64.2 Å². The Bertz CT molecular complexity index is 551. The predicted octanol–water partition coefficient (Wildman–Crippen LogP) is 4.34. The van der Waals surface area contributed by atoms with Gasteiger partial charge in [0.1, 0.15) is 12.4 Å². The monoisotopic (exact) mass is 289 g/mol. The summed E-state index contributed by atoms with van der Waals surface area (Å²) in [5.74, 6) is 0.863. The summed E-state index contributed by atoms with van der Waals surface area (Å²) in [7, 11) is 0. The summed E-state index contributed by atoms with van der Waals surface area (Å²) in [6.07, 6.45) is 0. The van der Waals surface area contributed by atoms with Crippen LogP contribution in [0.4, 0.5) is 0 Å². The zero-order valence-electron chi connectivity index (χ0n) is 11.9. The lowest BCUT2D eigenvalue weighted by Crippen LogP contribution is -2.11. The summed E-state index contributed by atoms with van der Waals surface area (Å²) in [4.78, 5) is 0. The van der Waals surface area contributed by atoms with E-state index in [4.69, 9.17) is 16.3 Å². The minimum absolute atomic E-state index is 0.492. The molecule has 0 unspecified atom stereocenters. The zero-order chi connectivity index (χ0) is 14.4. The van der Waals surface area contributed by atoms with Gasteiger partial charge in [0, 0.05) is 17.1 Å². The van der Waals surface area contributed by atoms with E-state index in [1.54, 1.807) is 0 Å². The molecular weight excluding hydrogens is 270 g/mol. The lowest BCUT2D eigenvalue weighted by atomic mass is 10.1. The van der Waals surface area contributed by atoms with Crippen LogP contribution >= 0.6 is 11.6 Å². The number of nitrogens with one attached hydrogen (secondary N) is 1. The first-order chi connectivity index (χ1) is 9.69. The average Bonchev–Trinajstić information content (AvgIpc) is 2.45. The second kappa shape index (κ2) is 7.32. The minimum atomic E-state index is 0.492. The number of hydrogen-bond donors (Lipinski definition) is 1. The second-order valence-electron chi connectivity index (χ2n) is 4.81. The van der Waals surface area contributed by atoms with E-state index in [0.717, 1.165) is 35.0 Å². The highest BCUT2D eigenvalue weighted by Gasteiger charge is 2.02. The third-order valence-electron chi connectivity index (χ3n) is 3.11. The van der Waals surface area contributed by atoms with Crippen molar-refractivity contribution < 1.29 is 4.74 Å². The molecule has 0 aromatic heterocycles. The molecule has 1 N–H and O–H groups in total. The molecule has 0 radical (unpaired) electrons. The maximum Gasteiger partial charge on any atom is 0.119 e. The lowest BCUT2D eigenvalue weighted by Gasteiger charge is -2.09. The Morgan fingerprint density at radius 3 is 2.50 bits per heavy atom. The van der Waals surface area contributed by atoms with E-state index in [0.29, 0.717) is 6.61 Å². The van der Waals surface area contributed by atoms with Gasteiger partial charge in [0.2, 0.25) is 0 Å². The number of halogens is 1. The third kappa shape index (κ3) is 4.26. The summed E-state index contributed by atoms with van der Waals surface area (Å²) in [5, 5.41) is 4.05.